The summed E-state index contributed by atoms with van der Waals surface area (Å²) >= 11 is 0. The minimum absolute atomic E-state index is 0.0342. The Balaban J connectivity index is 1.81. The Morgan fingerprint density at radius 1 is 0.929 bits per heavy atom. The third-order valence-corrected chi connectivity index (χ3v) is 7.82. The molecule has 1 aromatic heterocycles. The average molecular weight is 596 g/mol. The van der Waals surface area contributed by atoms with E-state index in [9.17, 15) is 31.1 Å². The standard InChI is InChI=1S/C30H35F6N5O/c1-5-20(3)40(28(42)22-16-23(29(31,32)33)18-24(17-22)30(34,35)36)19-26-21(4)37-41(25-10-8-7-9-11-25)27(26)39-14-12-38(6-2)13-15-39/h7-11,16-18,20H,5-6,12-15,19H2,1-4H3/t20-/m1/s1. The topological polar surface area (TPSA) is 44.6 Å². The summed E-state index contributed by atoms with van der Waals surface area (Å²) in [4.78, 5) is 19.7. The van der Waals surface area contributed by atoms with Gasteiger partial charge in [-0.2, -0.15) is 31.4 Å². The molecule has 0 aliphatic carbocycles. The van der Waals surface area contributed by atoms with Gasteiger partial charge in [0.05, 0.1) is 29.1 Å². The average Bonchev–Trinajstić information content (AvgIpc) is 3.29. The first-order valence-corrected chi connectivity index (χ1v) is 14.0. The number of benzene rings is 2. The maximum absolute atomic E-state index is 13.8. The van der Waals surface area contributed by atoms with Crippen LogP contribution in [0.3, 0.4) is 0 Å². The number of likely N-dealkylation sites (N-methyl/N-ethyl adjacent to an activating group) is 1. The van der Waals surface area contributed by atoms with Crippen LogP contribution in [0.4, 0.5) is 32.2 Å². The van der Waals surface area contributed by atoms with Crippen molar-refractivity contribution in [2.75, 3.05) is 37.6 Å². The van der Waals surface area contributed by atoms with Gasteiger partial charge in [0.15, 0.2) is 0 Å². The first-order valence-electron chi connectivity index (χ1n) is 14.0. The van der Waals surface area contributed by atoms with E-state index in [0.717, 1.165) is 31.1 Å². The largest absolute Gasteiger partial charge is 0.416 e. The number of para-hydroxylation sites is 1. The molecule has 228 valence electrons. The Labute approximate surface area is 241 Å². The van der Waals surface area contributed by atoms with E-state index in [1.54, 1.807) is 18.5 Å². The van der Waals surface area contributed by atoms with Crippen molar-refractivity contribution in [1.29, 1.82) is 0 Å². The fourth-order valence-corrected chi connectivity index (χ4v) is 5.15. The van der Waals surface area contributed by atoms with Crippen molar-refractivity contribution in [2.24, 2.45) is 0 Å². The summed E-state index contributed by atoms with van der Waals surface area (Å²) in [6, 6.07) is 10.0. The number of carbonyl (C=O) groups excluding carboxylic acids is 1. The van der Waals surface area contributed by atoms with Crippen molar-refractivity contribution in [2.45, 2.75) is 59.1 Å². The highest BCUT2D eigenvalue weighted by Crippen LogP contribution is 2.37. The lowest BCUT2D eigenvalue weighted by Gasteiger charge is -2.37. The quantitative estimate of drug-likeness (QED) is 0.269. The molecule has 2 aromatic carbocycles. The molecule has 0 spiro atoms. The molecule has 1 saturated heterocycles. The van der Waals surface area contributed by atoms with Gasteiger partial charge in [-0.25, -0.2) is 4.68 Å². The number of anilines is 1. The first-order chi connectivity index (χ1) is 19.7. The number of rotatable bonds is 8. The minimum Gasteiger partial charge on any atom is -0.354 e. The summed E-state index contributed by atoms with van der Waals surface area (Å²) in [7, 11) is 0. The van der Waals surface area contributed by atoms with Gasteiger partial charge < -0.3 is 14.7 Å². The summed E-state index contributed by atoms with van der Waals surface area (Å²) in [6.07, 6.45) is -9.68. The summed E-state index contributed by atoms with van der Waals surface area (Å²) in [5.41, 5.74) is -1.59. The van der Waals surface area contributed by atoms with E-state index in [1.165, 1.54) is 4.90 Å². The Bertz CT molecular complexity index is 1350. The Kier molecular flexibility index (Phi) is 9.24. The second kappa shape index (κ2) is 12.4. The Hall–Kier alpha value is -3.54. The zero-order valence-electron chi connectivity index (χ0n) is 24.1. The van der Waals surface area contributed by atoms with Crippen molar-refractivity contribution >= 4 is 11.7 Å². The summed E-state index contributed by atoms with van der Waals surface area (Å²) in [6.45, 7) is 11.3. The van der Waals surface area contributed by atoms with Crippen LogP contribution in [0.25, 0.3) is 5.69 Å². The van der Waals surface area contributed by atoms with Crippen molar-refractivity contribution in [3.05, 3.63) is 76.5 Å². The molecular weight excluding hydrogens is 560 g/mol. The predicted octanol–water partition coefficient (Wildman–Crippen LogP) is 6.80. The maximum Gasteiger partial charge on any atom is 0.416 e. The number of amides is 1. The Morgan fingerprint density at radius 2 is 1.50 bits per heavy atom. The number of aromatic nitrogens is 2. The van der Waals surface area contributed by atoms with E-state index in [1.807, 2.05) is 37.3 Å². The molecule has 1 aliphatic heterocycles. The Morgan fingerprint density at radius 3 is 2.00 bits per heavy atom. The van der Waals surface area contributed by atoms with Gasteiger partial charge in [0.2, 0.25) is 0 Å². The van der Waals surface area contributed by atoms with Gasteiger partial charge in [-0.1, -0.05) is 32.0 Å². The molecule has 3 aromatic rings. The molecule has 2 heterocycles. The molecule has 1 aliphatic rings. The van der Waals surface area contributed by atoms with Crippen LogP contribution in [-0.2, 0) is 18.9 Å². The molecular formula is C30H35F6N5O. The number of alkyl halides is 6. The van der Waals surface area contributed by atoms with Crippen molar-refractivity contribution in [1.82, 2.24) is 19.6 Å². The normalized spacial score (nSPS) is 15.6. The first kappa shape index (κ1) is 31.4. The lowest BCUT2D eigenvalue weighted by molar-refractivity contribution is -0.143. The van der Waals surface area contributed by atoms with Crippen LogP contribution >= 0.6 is 0 Å². The van der Waals surface area contributed by atoms with Gasteiger partial charge in [-0.05, 0) is 57.1 Å². The van der Waals surface area contributed by atoms with Crippen LogP contribution in [0.15, 0.2) is 48.5 Å². The lowest BCUT2D eigenvalue weighted by atomic mass is 10.0. The third-order valence-electron chi connectivity index (χ3n) is 7.82. The SMILES string of the molecule is CC[C@@H](C)N(Cc1c(C)nn(-c2ccccc2)c1N1CCN(CC)CC1)C(=O)c1cc(C(F)(F)F)cc(C(F)(F)F)c1. The molecule has 1 amide bonds. The second-order valence-corrected chi connectivity index (χ2v) is 10.5. The van der Waals surface area contributed by atoms with Gasteiger partial charge in [0.25, 0.3) is 5.91 Å². The van der Waals surface area contributed by atoms with Crippen LogP contribution in [0, 0.1) is 6.92 Å². The highest BCUT2D eigenvalue weighted by molar-refractivity contribution is 5.95. The van der Waals surface area contributed by atoms with Gasteiger partial charge in [0.1, 0.15) is 5.82 Å². The number of halogens is 6. The molecule has 1 fully saturated rings. The van der Waals surface area contributed by atoms with Crippen LogP contribution in [-0.4, -0.2) is 64.3 Å². The maximum atomic E-state index is 13.8. The van der Waals surface area contributed by atoms with Gasteiger partial charge >= 0.3 is 12.4 Å². The van der Waals surface area contributed by atoms with Crippen molar-refractivity contribution in [3.63, 3.8) is 0 Å². The van der Waals surface area contributed by atoms with E-state index in [2.05, 4.69) is 16.7 Å². The van der Waals surface area contributed by atoms with Crippen LogP contribution in [0.5, 0.6) is 0 Å². The number of piperazine rings is 1. The lowest BCUT2D eigenvalue weighted by Crippen LogP contribution is -2.47. The second-order valence-electron chi connectivity index (χ2n) is 10.5. The molecule has 6 nitrogen and oxygen atoms in total. The van der Waals surface area contributed by atoms with Crippen LogP contribution in [0.2, 0.25) is 0 Å². The summed E-state index contributed by atoms with van der Waals surface area (Å²) in [5, 5.41) is 4.78. The fourth-order valence-electron chi connectivity index (χ4n) is 5.15. The number of nitrogens with zero attached hydrogens (tertiary/aromatic N) is 5. The third kappa shape index (κ3) is 6.74. The van der Waals surface area contributed by atoms with Crippen LogP contribution in [0.1, 0.15) is 59.9 Å². The minimum atomic E-state index is -5.06. The molecule has 0 N–H and O–H groups in total. The summed E-state index contributed by atoms with van der Waals surface area (Å²) < 4.78 is 83.3. The van der Waals surface area contributed by atoms with Gasteiger partial charge in [0, 0.05) is 43.3 Å². The molecule has 42 heavy (non-hydrogen) atoms. The smallest absolute Gasteiger partial charge is 0.354 e. The fraction of sp³-hybridized carbons (Fsp3) is 0.467. The van der Waals surface area contributed by atoms with E-state index >= 15 is 0 Å². The van der Waals surface area contributed by atoms with E-state index in [4.69, 9.17) is 5.10 Å². The molecule has 0 saturated carbocycles. The van der Waals surface area contributed by atoms with E-state index < -0.39 is 41.0 Å². The number of aryl methyl sites for hydroxylation is 1. The number of hydrogen-bond acceptors (Lipinski definition) is 4. The summed E-state index contributed by atoms with van der Waals surface area (Å²) in [5.74, 6) is -0.148. The predicted molar refractivity (Wildman–Crippen MR) is 149 cm³/mol. The van der Waals surface area contributed by atoms with Crippen molar-refractivity contribution in [3.8, 4) is 5.69 Å². The number of hydrogen-bond donors (Lipinski definition) is 0. The van der Waals surface area contributed by atoms with Crippen molar-refractivity contribution < 1.29 is 31.1 Å². The van der Waals surface area contributed by atoms with Crippen LogP contribution < -0.4 is 4.90 Å². The van der Waals surface area contributed by atoms with E-state index in [-0.39, 0.29) is 12.6 Å². The highest BCUT2D eigenvalue weighted by atomic mass is 19.4. The monoisotopic (exact) mass is 595 g/mol. The van der Waals surface area contributed by atoms with Gasteiger partial charge in [-0.15, -0.1) is 0 Å². The zero-order valence-corrected chi connectivity index (χ0v) is 24.1. The molecule has 4 rings (SSSR count). The van der Waals surface area contributed by atoms with Gasteiger partial charge in [-0.3, -0.25) is 4.79 Å². The number of carbonyl (C=O) groups is 1. The van der Waals surface area contributed by atoms with E-state index in [0.29, 0.717) is 42.9 Å². The molecule has 1 atom stereocenters. The molecule has 0 unspecified atom stereocenters. The molecule has 0 bridgehead atoms. The molecule has 12 heteroatoms. The molecule has 0 radical (unpaired) electrons. The zero-order chi connectivity index (χ0) is 30.8. The highest BCUT2D eigenvalue weighted by Gasteiger charge is 2.38.